The number of nitrogens with one attached hydrogen (secondary N) is 1. The van der Waals surface area contributed by atoms with E-state index in [0.717, 1.165) is 6.26 Å². The van der Waals surface area contributed by atoms with E-state index in [1.165, 1.54) is 12.3 Å². The Bertz CT molecular complexity index is 1010. The number of carbonyl (C=O) groups is 2. The third-order valence-electron chi connectivity index (χ3n) is 4.45. The molecule has 148 valence electrons. The standard InChI is InChI=1S/C20H21NO6S/c1-3-26-20(23)19-16(18-8-5-9-27-18)11-14(12-17(19)22)13-6-4-7-15(10-13)21-28(2,24)25/h4-10,12,16,19,21H,3,11H2,1-2H3/t16-,19-/m0/s1. The van der Waals surface area contributed by atoms with Gasteiger partial charge < -0.3 is 9.15 Å². The number of rotatable bonds is 6. The second kappa shape index (κ2) is 8.02. The van der Waals surface area contributed by atoms with Gasteiger partial charge in [-0.3, -0.25) is 14.3 Å². The van der Waals surface area contributed by atoms with E-state index in [0.29, 0.717) is 29.0 Å². The van der Waals surface area contributed by atoms with E-state index >= 15 is 0 Å². The second-order valence-electron chi connectivity index (χ2n) is 6.58. The molecule has 1 N–H and O–H groups in total. The Morgan fingerprint density at radius 2 is 2.07 bits per heavy atom. The Balaban J connectivity index is 1.97. The fourth-order valence-corrected chi connectivity index (χ4v) is 3.91. The molecule has 0 radical (unpaired) electrons. The number of sulfonamides is 1. The van der Waals surface area contributed by atoms with Crippen LogP contribution in [0.25, 0.3) is 5.57 Å². The normalized spacial score (nSPS) is 19.8. The third kappa shape index (κ3) is 4.51. The Morgan fingerprint density at radius 1 is 1.29 bits per heavy atom. The first-order chi connectivity index (χ1) is 13.3. The summed E-state index contributed by atoms with van der Waals surface area (Å²) in [5.41, 5.74) is 1.79. The van der Waals surface area contributed by atoms with Crippen molar-refractivity contribution in [2.75, 3.05) is 17.6 Å². The average Bonchev–Trinajstić information content (AvgIpc) is 3.14. The molecule has 0 aliphatic heterocycles. The third-order valence-corrected chi connectivity index (χ3v) is 5.06. The Hall–Kier alpha value is -2.87. The lowest BCUT2D eigenvalue weighted by atomic mass is 9.75. The summed E-state index contributed by atoms with van der Waals surface area (Å²) in [6.45, 7) is 1.87. The summed E-state index contributed by atoms with van der Waals surface area (Å²) < 4.78 is 36.0. The van der Waals surface area contributed by atoms with Crippen LogP contribution in [0.4, 0.5) is 5.69 Å². The zero-order valence-electron chi connectivity index (χ0n) is 15.5. The van der Waals surface area contributed by atoms with E-state index in [9.17, 15) is 18.0 Å². The molecular weight excluding hydrogens is 382 g/mol. The smallest absolute Gasteiger partial charge is 0.317 e. The molecule has 0 amide bonds. The van der Waals surface area contributed by atoms with Crippen molar-refractivity contribution in [3.8, 4) is 0 Å². The molecule has 0 spiro atoms. The van der Waals surface area contributed by atoms with Crippen molar-refractivity contribution in [2.45, 2.75) is 19.3 Å². The predicted molar refractivity (Wildman–Crippen MR) is 104 cm³/mol. The highest BCUT2D eigenvalue weighted by atomic mass is 32.2. The van der Waals surface area contributed by atoms with E-state index in [4.69, 9.17) is 9.15 Å². The van der Waals surface area contributed by atoms with Gasteiger partial charge in [0.25, 0.3) is 0 Å². The van der Waals surface area contributed by atoms with Crippen molar-refractivity contribution in [2.24, 2.45) is 5.92 Å². The Kier molecular flexibility index (Phi) is 5.69. The van der Waals surface area contributed by atoms with Crippen molar-refractivity contribution < 1.29 is 27.2 Å². The highest BCUT2D eigenvalue weighted by molar-refractivity contribution is 7.92. The molecule has 3 rings (SSSR count). The van der Waals surface area contributed by atoms with E-state index < -0.39 is 27.8 Å². The largest absolute Gasteiger partial charge is 0.469 e. The van der Waals surface area contributed by atoms with Gasteiger partial charge in [-0.2, -0.15) is 0 Å². The van der Waals surface area contributed by atoms with Gasteiger partial charge in [-0.25, -0.2) is 8.42 Å². The lowest BCUT2D eigenvalue weighted by molar-refractivity contribution is -0.151. The molecule has 1 aromatic carbocycles. The summed E-state index contributed by atoms with van der Waals surface area (Å²) in [6, 6.07) is 10.2. The van der Waals surface area contributed by atoms with Crippen molar-refractivity contribution in [3.05, 3.63) is 60.1 Å². The van der Waals surface area contributed by atoms with Crippen molar-refractivity contribution in [3.63, 3.8) is 0 Å². The van der Waals surface area contributed by atoms with Gasteiger partial charge in [-0.1, -0.05) is 12.1 Å². The number of furan rings is 1. The number of carbonyl (C=O) groups excluding carboxylic acids is 2. The van der Waals surface area contributed by atoms with E-state index in [1.54, 1.807) is 43.3 Å². The molecule has 28 heavy (non-hydrogen) atoms. The van der Waals surface area contributed by atoms with Crippen LogP contribution in [0.5, 0.6) is 0 Å². The number of benzene rings is 1. The van der Waals surface area contributed by atoms with Crippen molar-refractivity contribution in [1.29, 1.82) is 0 Å². The summed E-state index contributed by atoms with van der Waals surface area (Å²) in [5.74, 6) is -1.86. The first-order valence-corrected chi connectivity index (χ1v) is 10.7. The minimum Gasteiger partial charge on any atom is -0.469 e. The van der Waals surface area contributed by atoms with Crippen LogP contribution >= 0.6 is 0 Å². The van der Waals surface area contributed by atoms with Gasteiger partial charge in [-0.05, 0) is 54.8 Å². The van der Waals surface area contributed by atoms with Gasteiger partial charge in [0, 0.05) is 11.6 Å². The van der Waals surface area contributed by atoms with E-state index in [-0.39, 0.29) is 12.4 Å². The number of ketones is 1. The molecule has 8 heteroatoms. The predicted octanol–water partition coefficient (Wildman–Crippen LogP) is 2.97. The van der Waals surface area contributed by atoms with Crippen LogP contribution in [0.1, 0.15) is 30.6 Å². The molecule has 2 aromatic rings. The van der Waals surface area contributed by atoms with Crippen LogP contribution in [0.3, 0.4) is 0 Å². The highest BCUT2D eigenvalue weighted by Crippen LogP contribution is 2.40. The molecular formula is C20H21NO6S. The number of esters is 1. The zero-order chi connectivity index (χ0) is 20.3. The average molecular weight is 403 g/mol. The maximum atomic E-state index is 12.8. The van der Waals surface area contributed by atoms with Crippen LogP contribution in [0.15, 0.2) is 53.2 Å². The SMILES string of the molecule is CCOC(=O)[C@@H]1C(=O)C=C(c2cccc(NS(C)(=O)=O)c2)C[C@H]1c1ccco1. The van der Waals surface area contributed by atoms with Gasteiger partial charge in [0.1, 0.15) is 11.7 Å². The second-order valence-corrected chi connectivity index (χ2v) is 8.33. The van der Waals surface area contributed by atoms with Crippen LogP contribution in [-0.4, -0.2) is 33.0 Å². The van der Waals surface area contributed by atoms with Crippen molar-refractivity contribution in [1.82, 2.24) is 0 Å². The van der Waals surface area contributed by atoms with Gasteiger partial charge in [-0.15, -0.1) is 0 Å². The maximum absolute atomic E-state index is 12.8. The lowest BCUT2D eigenvalue weighted by Gasteiger charge is -2.27. The monoisotopic (exact) mass is 403 g/mol. The fraction of sp³-hybridized carbons (Fsp3) is 0.300. The number of hydrogen-bond acceptors (Lipinski definition) is 6. The van der Waals surface area contributed by atoms with Crippen LogP contribution in [0.2, 0.25) is 0 Å². The summed E-state index contributed by atoms with van der Waals surface area (Å²) in [5, 5.41) is 0. The summed E-state index contributed by atoms with van der Waals surface area (Å²) in [6.07, 6.45) is 4.38. The molecule has 2 atom stereocenters. The van der Waals surface area contributed by atoms with Gasteiger partial charge >= 0.3 is 5.97 Å². The molecule has 1 aliphatic carbocycles. The molecule has 0 unspecified atom stereocenters. The number of allylic oxidation sites excluding steroid dienone is 2. The molecule has 7 nitrogen and oxygen atoms in total. The first-order valence-electron chi connectivity index (χ1n) is 8.81. The summed E-state index contributed by atoms with van der Waals surface area (Å²) in [7, 11) is -3.42. The quantitative estimate of drug-likeness (QED) is 0.588. The fourth-order valence-electron chi connectivity index (χ4n) is 3.35. The molecule has 0 saturated heterocycles. The van der Waals surface area contributed by atoms with Crippen LogP contribution in [0, 0.1) is 5.92 Å². The molecule has 0 saturated carbocycles. The minimum atomic E-state index is -3.42. The molecule has 1 heterocycles. The molecule has 1 aromatic heterocycles. The Morgan fingerprint density at radius 3 is 2.71 bits per heavy atom. The Labute approximate surface area is 163 Å². The first kappa shape index (κ1) is 19.9. The summed E-state index contributed by atoms with van der Waals surface area (Å²) >= 11 is 0. The molecule has 1 aliphatic rings. The van der Waals surface area contributed by atoms with Crippen LogP contribution in [-0.2, 0) is 24.3 Å². The van der Waals surface area contributed by atoms with Crippen molar-refractivity contribution >= 4 is 33.0 Å². The number of anilines is 1. The number of ether oxygens (including phenoxy) is 1. The highest BCUT2D eigenvalue weighted by Gasteiger charge is 2.41. The van der Waals surface area contributed by atoms with Gasteiger partial charge in [0.05, 0.1) is 19.1 Å². The topological polar surface area (TPSA) is 103 Å². The van der Waals surface area contributed by atoms with Crippen LogP contribution < -0.4 is 4.72 Å². The number of hydrogen-bond donors (Lipinski definition) is 1. The molecule has 0 bridgehead atoms. The van der Waals surface area contributed by atoms with Gasteiger partial charge in [0.2, 0.25) is 10.0 Å². The summed E-state index contributed by atoms with van der Waals surface area (Å²) in [4.78, 5) is 25.2. The zero-order valence-corrected chi connectivity index (χ0v) is 16.4. The van der Waals surface area contributed by atoms with E-state index in [1.807, 2.05) is 0 Å². The maximum Gasteiger partial charge on any atom is 0.317 e. The van der Waals surface area contributed by atoms with Gasteiger partial charge in [0.15, 0.2) is 5.78 Å². The minimum absolute atomic E-state index is 0.184. The lowest BCUT2D eigenvalue weighted by Crippen LogP contribution is -2.33. The molecule has 0 fully saturated rings. The van der Waals surface area contributed by atoms with E-state index in [2.05, 4.69) is 4.72 Å².